The molecule has 0 radical (unpaired) electrons. The van der Waals surface area contributed by atoms with Gasteiger partial charge in [0.05, 0.1) is 19.3 Å². The van der Waals surface area contributed by atoms with Crippen LogP contribution in [0, 0.1) is 4.77 Å². The smallest absolute Gasteiger partial charge is 0.258 e. The molecule has 150 valence electrons. The summed E-state index contributed by atoms with van der Waals surface area (Å²) in [6.07, 6.45) is 0.852. The van der Waals surface area contributed by atoms with E-state index >= 15 is 0 Å². The van der Waals surface area contributed by atoms with E-state index in [9.17, 15) is 4.79 Å². The van der Waals surface area contributed by atoms with E-state index in [0.29, 0.717) is 24.5 Å². The molecular formula is C22H24N4O2S. The first kappa shape index (κ1) is 19.4. The van der Waals surface area contributed by atoms with Gasteiger partial charge in [-0.15, -0.1) is 0 Å². The molecule has 0 atom stereocenters. The molecule has 1 aliphatic rings. The molecule has 2 N–H and O–H groups in total. The fourth-order valence-corrected chi connectivity index (χ4v) is 3.90. The predicted molar refractivity (Wildman–Crippen MR) is 117 cm³/mol. The van der Waals surface area contributed by atoms with E-state index in [0.717, 1.165) is 30.1 Å². The van der Waals surface area contributed by atoms with Crippen molar-refractivity contribution in [2.75, 3.05) is 19.1 Å². The zero-order valence-corrected chi connectivity index (χ0v) is 17.2. The zero-order chi connectivity index (χ0) is 20.2. The Hall–Kier alpha value is -2.90. The number of rotatable bonds is 6. The summed E-state index contributed by atoms with van der Waals surface area (Å²) in [4.78, 5) is 17.6. The second kappa shape index (κ2) is 8.63. The second-order valence-electron chi connectivity index (χ2n) is 7.14. The summed E-state index contributed by atoms with van der Waals surface area (Å²) < 4.78 is 7.68. The number of nitrogens with zero attached hydrogens (tertiary/aromatic N) is 2. The minimum atomic E-state index is -0.118. The Labute approximate surface area is 174 Å². The van der Waals surface area contributed by atoms with Crippen LogP contribution in [-0.4, -0.2) is 28.2 Å². The molecule has 4 rings (SSSR count). The normalized spacial score (nSPS) is 13.6. The van der Waals surface area contributed by atoms with Crippen LogP contribution in [0.25, 0.3) is 0 Å². The largest absolute Gasteiger partial charge is 0.497 e. The maximum atomic E-state index is 12.6. The lowest BCUT2D eigenvalue weighted by atomic mass is 10.1. The van der Waals surface area contributed by atoms with E-state index in [4.69, 9.17) is 17.0 Å². The third-order valence-corrected chi connectivity index (χ3v) is 5.50. The molecule has 0 saturated heterocycles. The molecule has 0 amide bonds. The van der Waals surface area contributed by atoms with Crippen molar-refractivity contribution in [1.29, 1.82) is 0 Å². The highest BCUT2D eigenvalue weighted by atomic mass is 32.1. The van der Waals surface area contributed by atoms with Crippen molar-refractivity contribution in [3.05, 3.63) is 86.4 Å². The number of hydrogen-bond acceptors (Lipinski definition) is 5. The van der Waals surface area contributed by atoms with Gasteiger partial charge in [-0.3, -0.25) is 14.7 Å². The summed E-state index contributed by atoms with van der Waals surface area (Å²) in [6, 6.07) is 18.3. The van der Waals surface area contributed by atoms with Crippen molar-refractivity contribution in [1.82, 2.24) is 14.5 Å². The van der Waals surface area contributed by atoms with Gasteiger partial charge < -0.3 is 14.6 Å². The molecule has 29 heavy (non-hydrogen) atoms. The average molecular weight is 409 g/mol. The van der Waals surface area contributed by atoms with E-state index in [1.165, 1.54) is 11.1 Å². The molecule has 2 aromatic carbocycles. The van der Waals surface area contributed by atoms with Crippen LogP contribution in [0.1, 0.15) is 16.7 Å². The van der Waals surface area contributed by atoms with Gasteiger partial charge in [-0.2, -0.15) is 0 Å². The standard InChI is InChI=1S/C22H24N4O2S/c1-28-18-9-7-17(8-10-18)13-25-14-19-20(23-15-25)26(22(29)24-21(19)27)12-11-16-5-3-2-4-6-16/h2-10,23H,11-15H2,1H3,(H,24,27,29). The van der Waals surface area contributed by atoms with Gasteiger partial charge in [-0.25, -0.2) is 0 Å². The number of anilines is 1. The summed E-state index contributed by atoms with van der Waals surface area (Å²) in [5.41, 5.74) is 3.02. The number of fused-ring (bicyclic) bond motifs is 1. The van der Waals surface area contributed by atoms with Crippen LogP contribution in [0.2, 0.25) is 0 Å². The maximum Gasteiger partial charge on any atom is 0.258 e. The lowest BCUT2D eigenvalue weighted by Crippen LogP contribution is -2.39. The van der Waals surface area contributed by atoms with E-state index in [1.54, 1.807) is 7.11 Å². The van der Waals surface area contributed by atoms with Crippen molar-refractivity contribution < 1.29 is 4.74 Å². The SMILES string of the molecule is COc1ccc(CN2CNc3c(c(=O)[nH]c(=S)n3CCc3ccccc3)C2)cc1. The molecule has 1 aliphatic heterocycles. The number of methoxy groups -OCH3 is 1. The monoisotopic (exact) mass is 408 g/mol. The Morgan fingerprint density at radius 1 is 1.07 bits per heavy atom. The number of hydrogen-bond donors (Lipinski definition) is 2. The predicted octanol–water partition coefficient (Wildman–Crippen LogP) is 3.54. The maximum absolute atomic E-state index is 12.6. The number of benzene rings is 2. The minimum absolute atomic E-state index is 0.118. The van der Waals surface area contributed by atoms with Crippen LogP contribution < -0.4 is 15.6 Å². The number of aromatic amines is 1. The fraction of sp³-hybridized carbons (Fsp3) is 0.273. The van der Waals surface area contributed by atoms with Crippen LogP contribution in [0.5, 0.6) is 5.75 Å². The highest BCUT2D eigenvalue weighted by molar-refractivity contribution is 7.71. The highest BCUT2D eigenvalue weighted by Gasteiger charge is 2.22. The van der Waals surface area contributed by atoms with Gasteiger partial charge in [-0.05, 0) is 41.9 Å². The lowest BCUT2D eigenvalue weighted by molar-refractivity contribution is 0.262. The molecule has 3 aromatic rings. The zero-order valence-electron chi connectivity index (χ0n) is 16.4. The van der Waals surface area contributed by atoms with E-state index in [1.807, 2.05) is 47.0 Å². The van der Waals surface area contributed by atoms with Gasteiger partial charge in [-0.1, -0.05) is 42.5 Å². The van der Waals surface area contributed by atoms with Crippen molar-refractivity contribution in [3.8, 4) is 5.75 Å². The minimum Gasteiger partial charge on any atom is -0.497 e. The summed E-state index contributed by atoms with van der Waals surface area (Å²) >= 11 is 5.44. The molecular weight excluding hydrogens is 384 g/mol. The Morgan fingerprint density at radius 3 is 2.55 bits per heavy atom. The van der Waals surface area contributed by atoms with Crippen LogP contribution >= 0.6 is 12.2 Å². The van der Waals surface area contributed by atoms with Gasteiger partial charge in [0, 0.05) is 19.6 Å². The van der Waals surface area contributed by atoms with E-state index < -0.39 is 0 Å². The summed E-state index contributed by atoms with van der Waals surface area (Å²) in [7, 11) is 1.66. The topological polar surface area (TPSA) is 62.3 Å². The molecule has 2 heterocycles. The van der Waals surface area contributed by atoms with E-state index in [-0.39, 0.29) is 5.56 Å². The van der Waals surface area contributed by atoms with Gasteiger partial charge in [0.25, 0.3) is 5.56 Å². The van der Waals surface area contributed by atoms with Gasteiger partial charge >= 0.3 is 0 Å². The Kier molecular flexibility index (Phi) is 5.78. The lowest BCUT2D eigenvalue weighted by Gasteiger charge is -2.31. The van der Waals surface area contributed by atoms with Crippen molar-refractivity contribution in [2.24, 2.45) is 0 Å². The second-order valence-corrected chi connectivity index (χ2v) is 7.53. The van der Waals surface area contributed by atoms with Crippen LogP contribution in [0.3, 0.4) is 0 Å². The first-order chi connectivity index (χ1) is 14.1. The van der Waals surface area contributed by atoms with Crippen molar-refractivity contribution in [3.63, 3.8) is 0 Å². The fourth-order valence-electron chi connectivity index (χ4n) is 3.63. The quantitative estimate of drug-likeness (QED) is 0.611. The number of ether oxygens (including phenoxy) is 1. The first-order valence-corrected chi connectivity index (χ1v) is 10.0. The van der Waals surface area contributed by atoms with Gasteiger partial charge in [0.1, 0.15) is 11.6 Å². The van der Waals surface area contributed by atoms with E-state index in [2.05, 4.69) is 27.3 Å². The number of aromatic nitrogens is 2. The molecule has 0 unspecified atom stereocenters. The Bertz CT molecular complexity index is 1090. The van der Waals surface area contributed by atoms with Crippen molar-refractivity contribution in [2.45, 2.75) is 26.1 Å². The van der Waals surface area contributed by atoms with Crippen molar-refractivity contribution >= 4 is 18.0 Å². The Balaban J connectivity index is 1.53. The molecule has 0 spiro atoms. The summed E-state index contributed by atoms with van der Waals surface area (Å²) in [5.74, 6) is 1.67. The Morgan fingerprint density at radius 2 is 1.83 bits per heavy atom. The van der Waals surface area contributed by atoms with Crippen LogP contribution in [0.15, 0.2) is 59.4 Å². The molecule has 0 saturated carbocycles. The summed E-state index contributed by atoms with van der Waals surface area (Å²) in [6.45, 7) is 2.69. The first-order valence-electron chi connectivity index (χ1n) is 9.63. The average Bonchev–Trinajstić information content (AvgIpc) is 2.75. The van der Waals surface area contributed by atoms with Crippen LogP contribution in [-0.2, 0) is 26.1 Å². The van der Waals surface area contributed by atoms with Crippen LogP contribution in [0.4, 0.5) is 5.82 Å². The molecule has 0 fully saturated rings. The molecule has 1 aromatic heterocycles. The molecule has 6 nitrogen and oxygen atoms in total. The molecule has 0 bridgehead atoms. The number of nitrogens with one attached hydrogen (secondary N) is 2. The molecule has 0 aliphatic carbocycles. The third-order valence-electron chi connectivity index (χ3n) is 5.18. The third kappa shape index (κ3) is 4.41. The number of H-pyrrole nitrogens is 1. The highest BCUT2D eigenvalue weighted by Crippen LogP contribution is 2.22. The van der Waals surface area contributed by atoms with Gasteiger partial charge in [0.2, 0.25) is 0 Å². The summed E-state index contributed by atoms with van der Waals surface area (Å²) in [5, 5.41) is 3.42. The molecule has 7 heteroatoms. The van der Waals surface area contributed by atoms with Gasteiger partial charge in [0.15, 0.2) is 4.77 Å². The number of aryl methyl sites for hydroxylation is 1.